The van der Waals surface area contributed by atoms with Crippen molar-refractivity contribution in [2.24, 2.45) is 11.1 Å². The molecular weight excluding hydrogens is 407 g/mol. The number of thiazole rings is 1. The van der Waals surface area contributed by atoms with Gasteiger partial charge in [-0.25, -0.2) is 4.98 Å². The van der Waals surface area contributed by atoms with Gasteiger partial charge >= 0.3 is 0 Å². The fraction of sp³-hybridized carbons (Fsp3) is 0.444. The zero-order valence-corrected chi connectivity index (χ0v) is 18.0. The van der Waals surface area contributed by atoms with Crippen molar-refractivity contribution in [3.63, 3.8) is 0 Å². The molecule has 6 nitrogen and oxygen atoms in total. The van der Waals surface area contributed by atoms with Crippen LogP contribution in [0.25, 0.3) is 0 Å². The maximum absolute atomic E-state index is 12.7. The molecule has 0 bridgehead atoms. The van der Waals surface area contributed by atoms with E-state index in [1.807, 2.05) is 29.2 Å². The van der Waals surface area contributed by atoms with Gasteiger partial charge in [0.05, 0.1) is 7.11 Å². The monoisotopic (exact) mass is 432 g/mol. The predicted molar refractivity (Wildman–Crippen MR) is 115 cm³/mol. The van der Waals surface area contributed by atoms with Gasteiger partial charge in [-0.15, -0.1) is 36.2 Å². The summed E-state index contributed by atoms with van der Waals surface area (Å²) in [5, 5.41) is 5.71. The molecule has 9 heteroatoms. The first-order valence-corrected chi connectivity index (χ1v) is 9.18. The van der Waals surface area contributed by atoms with Crippen LogP contribution in [0.15, 0.2) is 29.6 Å². The number of anilines is 2. The third-order valence-corrected chi connectivity index (χ3v) is 5.42. The third-order valence-electron chi connectivity index (χ3n) is 4.66. The van der Waals surface area contributed by atoms with Crippen LogP contribution in [0.4, 0.5) is 10.8 Å². The Morgan fingerprint density at radius 2 is 2.00 bits per heavy atom. The number of nitrogens with one attached hydrogen (secondary N) is 1. The highest BCUT2D eigenvalue weighted by atomic mass is 35.5. The van der Waals surface area contributed by atoms with Gasteiger partial charge in [0.2, 0.25) is 0 Å². The molecule has 0 saturated carbocycles. The maximum Gasteiger partial charge on any atom is 0.273 e. The first kappa shape index (κ1) is 23.5. The lowest BCUT2D eigenvalue weighted by molar-refractivity contribution is 0.0528. The summed E-state index contributed by atoms with van der Waals surface area (Å²) >= 11 is 1.42. The molecule has 1 aromatic carbocycles. The Labute approximate surface area is 176 Å². The van der Waals surface area contributed by atoms with Crippen LogP contribution in [-0.4, -0.2) is 42.0 Å². The molecule has 2 aromatic rings. The quantitative estimate of drug-likeness (QED) is 0.764. The number of piperidine rings is 1. The molecule has 2 heterocycles. The summed E-state index contributed by atoms with van der Waals surface area (Å²) in [6, 6.07) is 7.70. The van der Waals surface area contributed by atoms with Crippen LogP contribution in [-0.2, 0) is 0 Å². The molecule has 1 saturated heterocycles. The first-order chi connectivity index (χ1) is 11.9. The summed E-state index contributed by atoms with van der Waals surface area (Å²) in [6.45, 7) is 5.55. The van der Waals surface area contributed by atoms with Crippen LogP contribution < -0.4 is 15.8 Å². The van der Waals surface area contributed by atoms with Gasteiger partial charge in [-0.2, -0.15) is 0 Å². The van der Waals surface area contributed by atoms with Gasteiger partial charge in [-0.3, -0.25) is 4.79 Å². The largest absolute Gasteiger partial charge is 0.497 e. The molecule has 150 valence electrons. The van der Waals surface area contributed by atoms with Crippen molar-refractivity contribution in [1.29, 1.82) is 0 Å². The Hall–Kier alpha value is -1.54. The highest BCUT2D eigenvalue weighted by Gasteiger charge is 2.36. The average molecular weight is 433 g/mol. The van der Waals surface area contributed by atoms with E-state index in [0.717, 1.165) is 17.9 Å². The molecule has 3 rings (SSSR count). The number of benzene rings is 1. The van der Waals surface area contributed by atoms with Gasteiger partial charge in [-0.1, -0.05) is 13.8 Å². The fourth-order valence-electron chi connectivity index (χ4n) is 2.94. The first-order valence-electron chi connectivity index (χ1n) is 8.30. The van der Waals surface area contributed by atoms with Crippen molar-refractivity contribution in [2.75, 3.05) is 25.5 Å². The molecule has 0 radical (unpaired) electrons. The summed E-state index contributed by atoms with van der Waals surface area (Å²) in [4.78, 5) is 19.0. The molecule has 1 aromatic heterocycles. The minimum Gasteiger partial charge on any atom is -0.497 e. The smallest absolute Gasteiger partial charge is 0.273 e. The van der Waals surface area contributed by atoms with E-state index < -0.39 is 0 Å². The number of hydrogen-bond acceptors (Lipinski definition) is 6. The molecule has 3 N–H and O–H groups in total. The number of likely N-dealkylation sites (tertiary alicyclic amines) is 1. The summed E-state index contributed by atoms with van der Waals surface area (Å²) in [7, 11) is 1.63. The second kappa shape index (κ2) is 9.59. The standard InChI is InChI=1S/C18H24N4O2S.2ClH/c1-18(2)11-22(9-8-15(18)19)16(23)14-10-25-17(21-14)20-12-4-6-13(24-3)7-5-12;;/h4-7,10,15H,8-9,11,19H2,1-3H3,(H,20,21);2*1H. The second-order valence-electron chi connectivity index (χ2n) is 7.00. The molecule has 0 spiro atoms. The highest BCUT2D eigenvalue weighted by Crippen LogP contribution is 2.29. The molecule has 0 aliphatic carbocycles. The van der Waals surface area contributed by atoms with Crippen molar-refractivity contribution in [2.45, 2.75) is 26.3 Å². The molecule has 1 unspecified atom stereocenters. The van der Waals surface area contributed by atoms with E-state index in [1.165, 1.54) is 11.3 Å². The van der Waals surface area contributed by atoms with Crippen molar-refractivity contribution in [1.82, 2.24) is 9.88 Å². The van der Waals surface area contributed by atoms with Gasteiger partial charge in [0.25, 0.3) is 5.91 Å². The summed E-state index contributed by atoms with van der Waals surface area (Å²) < 4.78 is 5.15. The Kier molecular flexibility index (Phi) is 8.35. The van der Waals surface area contributed by atoms with Crippen LogP contribution in [0.2, 0.25) is 0 Å². The molecular formula is C18H26Cl2N4O2S. The minimum atomic E-state index is -0.0753. The second-order valence-corrected chi connectivity index (χ2v) is 7.86. The molecule has 1 aliphatic heterocycles. The van der Waals surface area contributed by atoms with Crippen LogP contribution in [0, 0.1) is 5.41 Å². The summed E-state index contributed by atoms with van der Waals surface area (Å²) in [5.74, 6) is 0.769. The number of nitrogens with zero attached hydrogens (tertiary/aromatic N) is 2. The lowest BCUT2D eigenvalue weighted by atomic mass is 9.79. The Morgan fingerprint density at radius 3 is 2.59 bits per heavy atom. The van der Waals surface area contributed by atoms with Gasteiger partial charge in [0.1, 0.15) is 11.4 Å². The van der Waals surface area contributed by atoms with Crippen molar-refractivity contribution in [3.8, 4) is 5.75 Å². The van der Waals surface area contributed by atoms with E-state index in [1.54, 1.807) is 12.5 Å². The number of amides is 1. The molecule has 1 aliphatic rings. The van der Waals surface area contributed by atoms with Gasteiger partial charge in [-0.05, 0) is 36.1 Å². The van der Waals surface area contributed by atoms with Crippen molar-refractivity contribution in [3.05, 3.63) is 35.3 Å². The van der Waals surface area contributed by atoms with Crippen LogP contribution in [0.5, 0.6) is 5.75 Å². The van der Waals surface area contributed by atoms with E-state index in [4.69, 9.17) is 10.5 Å². The van der Waals surface area contributed by atoms with Gasteiger partial charge in [0, 0.05) is 30.2 Å². The third kappa shape index (κ3) is 5.48. The average Bonchev–Trinajstić information content (AvgIpc) is 3.06. The number of hydrogen-bond donors (Lipinski definition) is 2. The predicted octanol–water partition coefficient (Wildman–Crippen LogP) is 3.94. The zero-order valence-electron chi connectivity index (χ0n) is 15.6. The van der Waals surface area contributed by atoms with E-state index in [9.17, 15) is 4.79 Å². The fourth-order valence-corrected chi connectivity index (χ4v) is 3.64. The minimum absolute atomic E-state index is 0. The normalized spacial score (nSPS) is 18.1. The van der Waals surface area contributed by atoms with Crippen molar-refractivity contribution >= 4 is 52.9 Å². The zero-order chi connectivity index (χ0) is 18.0. The Morgan fingerprint density at radius 1 is 1.33 bits per heavy atom. The van der Waals surface area contributed by atoms with E-state index in [0.29, 0.717) is 23.9 Å². The number of aromatic nitrogens is 1. The SMILES string of the molecule is COc1ccc(Nc2nc(C(=O)N3CCC(N)C(C)(C)C3)cs2)cc1.Cl.Cl. The summed E-state index contributed by atoms with van der Waals surface area (Å²) in [5.41, 5.74) is 7.46. The highest BCUT2D eigenvalue weighted by molar-refractivity contribution is 7.14. The molecule has 27 heavy (non-hydrogen) atoms. The Balaban J connectivity index is 0.00000182. The molecule has 1 fully saturated rings. The lowest BCUT2D eigenvalue weighted by Gasteiger charge is -2.42. The van der Waals surface area contributed by atoms with E-state index >= 15 is 0 Å². The van der Waals surface area contributed by atoms with E-state index in [-0.39, 0.29) is 42.2 Å². The Bertz CT molecular complexity index is 752. The molecule has 1 atom stereocenters. The molecule has 1 amide bonds. The van der Waals surface area contributed by atoms with Crippen LogP contribution >= 0.6 is 36.2 Å². The number of methoxy groups -OCH3 is 1. The maximum atomic E-state index is 12.7. The van der Waals surface area contributed by atoms with Crippen LogP contribution in [0.1, 0.15) is 30.8 Å². The number of ether oxygens (including phenoxy) is 1. The topological polar surface area (TPSA) is 80.5 Å². The number of carbonyl (C=O) groups is 1. The number of carbonyl (C=O) groups excluding carboxylic acids is 1. The number of nitrogens with two attached hydrogens (primary N) is 1. The number of rotatable bonds is 4. The summed E-state index contributed by atoms with van der Waals surface area (Å²) in [6.07, 6.45) is 0.819. The van der Waals surface area contributed by atoms with Gasteiger partial charge < -0.3 is 20.7 Å². The number of halogens is 2. The van der Waals surface area contributed by atoms with Crippen molar-refractivity contribution < 1.29 is 9.53 Å². The van der Waals surface area contributed by atoms with Crippen LogP contribution in [0.3, 0.4) is 0 Å². The lowest BCUT2D eigenvalue weighted by Crippen LogP contribution is -2.54. The van der Waals surface area contributed by atoms with E-state index in [2.05, 4.69) is 24.1 Å². The van der Waals surface area contributed by atoms with Gasteiger partial charge in [0.15, 0.2) is 5.13 Å².